The van der Waals surface area contributed by atoms with E-state index in [2.05, 4.69) is 15.9 Å². The Labute approximate surface area is 83.0 Å². The molecule has 0 fully saturated rings. The molecule has 0 saturated carbocycles. The molecule has 0 amide bonds. The lowest BCUT2D eigenvalue weighted by Crippen LogP contribution is -1.89. The summed E-state index contributed by atoms with van der Waals surface area (Å²) in [5.41, 5.74) is 0.492. The lowest BCUT2D eigenvalue weighted by atomic mass is 10.4. The minimum atomic E-state index is -0.109. The van der Waals surface area contributed by atoms with Crippen molar-refractivity contribution in [3.05, 3.63) is 17.4 Å². The van der Waals surface area contributed by atoms with E-state index in [0.29, 0.717) is 9.91 Å². The van der Waals surface area contributed by atoms with Crippen molar-refractivity contribution in [2.24, 2.45) is 0 Å². The molecule has 1 rings (SSSR count). The number of thioether (sulfide) groups is 1. The van der Waals surface area contributed by atoms with Crippen LogP contribution in [0.15, 0.2) is 16.5 Å². The van der Waals surface area contributed by atoms with Gasteiger partial charge in [-0.15, -0.1) is 0 Å². The van der Waals surface area contributed by atoms with Crippen LogP contribution in [0.5, 0.6) is 0 Å². The van der Waals surface area contributed by atoms with Gasteiger partial charge in [0.25, 0.3) is 0 Å². The Morgan fingerprint density at radius 1 is 1.75 bits per heavy atom. The molecule has 0 aliphatic rings. The van der Waals surface area contributed by atoms with Crippen LogP contribution in [0.4, 0.5) is 0 Å². The first-order valence-corrected chi connectivity index (χ1v) is 4.93. The standard InChI is InChI=1S/C6H5ClN2OS2/c1-3(2)4(10)11-6-8-5(7)9-12-6/h1H2,2H3. The van der Waals surface area contributed by atoms with Gasteiger partial charge in [-0.2, -0.15) is 9.36 Å². The van der Waals surface area contributed by atoms with Gasteiger partial charge in [-0.05, 0) is 47.4 Å². The van der Waals surface area contributed by atoms with Crippen LogP contribution < -0.4 is 0 Å². The van der Waals surface area contributed by atoms with Gasteiger partial charge in [0.05, 0.1) is 0 Å². The first-order valence-electron chi connectivity index (χ1n) is 2.96. The predicted molar refractivity (Wildman–Crippen MR) is 50.6 cm³/mol. The lowest BCUT2D eigenvalue weighted by molar-refractivity contribution is -0.107. The molecule has 64 valence electrons. The first-order chi connectivity index (χ1) is 5.59. The summed E-state index contributed by atoms with van der Waals surface area (Å²) in [5, 5.41) is 0.0693. The Hall–Kier alpha value is -0.390. The summed E-state index contributed by atoms with van der Waals surface area (Å²) in [6, 6.07) is 0. The molecule has 0 unspecified atom stereocenters. The van der Waals surface area contributed by atoms with E-state index in [1.54, 1.807) is 6.92 Å². The largest absolute Gasteiger partial charge is 0.282 e. The minimum Gasteiger partial charge on any atom is -0.282 e. The van der Waals surface area contributed by atoms with Crippen LogP contribution in [0.2, 0.25) is 5.28 Å². The molecule has 0 spiro atoms. The number of halogens is 1. The SMILES string of the molecule is C=C(C)C(=O)Sc1nc(Cl)ns1. The van der Waals surface area contributed by atoms with Crippen molar-refractivity contribution >= 4 is 40.0 Å². The van der Waals surface area contributed by atoms with Gasteiger partial charge >= 0.3 is 0 Å². The molecule has 6 heteroatoms. The van der Waals surface area contributed by atoms with Crippen LogP contribution in [0.1, 0.15) is 6.92 Å². The second-order valence-electron chi connectivity index (χ2n) is 2.00. The zero-order chi connectivity index (χ0) is 9.14. The van der Waals surface area contributed by atoms with Crippen LogP contribution >= 0.6 is 34.9 Å². The lowest BCUT2D eigenvalue weighted by Gasteiger charge is -1.91. The second-order valence-corrected chi connectivity index (χ2v) is 4.31. The molecule has 12 heavy (non-hydrogen) atoms. The van der Waals surface area contributed by atoms with E-state index in [0.717, 1.165) is 23.3 Å². The maximum absolute atomic E-state index is 11.1. The van der Waals surface area contributed by atoms with E-state index in [1.165, 1.54) is 0 Å². The van der Waals surface area contributed by atoms with Crippen molar-refractivity contribution < 1.29 is 4.79 Å². The first kappa shape index (κ1) is 9.70. The van der Waals surface area contributed by atoms with Crippen molar-refractivity contribution in [2.75, 3.05) is 0 Å². The summed E-state index contributed by atoms with van der Waals surface area (Å²) < 4.78 is 4.27. The predicted octanol–water partition coefficient (Wildman–Crippen LogP) is 2.39. The van der Waals surface area contributed by atoms with Crippen molar-refractivity contribution in [1.82, 2.24) is 9.36 Å². The monoisotopic (exact) mass is 220 g/mol. The summed E-state index contributed by atoms with van der Waals surface area (Å²) in [7, 11) is 0. The van der Waals surface area contributed by atoms with Gasteiger partial charge < -0.3 is 0 Å². The van der Waals surface area contributed by atoms with Crippen LogP contribution in [-0.2, 0) is 4.79 Å². The number of rotatable bonds is 2. The number of nitrogens with zero attached hydrogens (tertiary/aromatic N) is 2. The van der Waals surface area contributed by atoms with Crippen LogP contribution in [0, 0.1) is 0 Å². The number of hydrogen-bond donors (Lipinski definition) is 0. The average molecular weight is 221 g/mol. The van der Waals surface area contributed by atoms with Gasteiger partial charge in [0.2, 0.25) is 10.4 Å². The summed E-state index contributed by atoms with van der Waals surface area (Å²) in [5.74, 6) is 0. The second kappa shape index (κ2) is 4.02. The van der Waals surface area contributed by atoms with Gasteiger partial charge in [0, 0.05) is 0 Å². The molecule has 1 heterocycles. The molecule has 3 nitrogen and oxygen atoms in total. The van der Waals surface area contributed by atoms with Crippen LogP contribution in [0.3, 0.4) is 0 Å². The fraction of sp³-hybridized carbons (Fsp3) is 0.167. The molecule has 1 aromatic rings. The Bertz CT molecular complexity index is 323. The normalized spacial score (nSPS) is 9.83. The number of aromatic nitrogens is 2. The molecule has 0 N–H and O–H groups in total. The van der Waals surface area contributed by atoms with E-state index in [4.69, 9.17) is 11.6 Å². The zero-order valence-electron chi connectivity index (χ0n) is 6.20. The summed E-state index contributed by atoms with van der Waals surface area (Å²) in [6.07, 6.45) is 0. The van der Waals surface area contributed by atoms with E-state index < -0.39 is 0 Å². The topological polar surface area (TPSA) is 42.9 Å². The van der Waals surface area contributed by atoms with E-state index in [9.17, 15) is 4.79 Å². The number of hydrogen-bond acceptors (Lipinski definition) is 5. The molecule has 0 atom stereocenters. The number of carbonyl (C=O) groups is 1. The fourth-order valence-electron chi connectivity index (χ4n) is 0.401. The minimum absolute atomic E-state index is 0.109. The van der Waals surface area contributed by atoms with Gasteiger partial charge in [0.1, 0.15) is 0 Å². The summed E-state index contributed by atoms with van der Waals surface area (Å²) >= 11 is 7.56. The highest BCUT2D eigenvalue weighted by Crippen LogP contribution is 2.24. The highest BCUT2D eigenvalue weighted by Gasteiger charge is 2.09. The molecule has 1 aromatic heterocycles. The van der Waals surface area contributed by atoms with E-state index in [1.807, 2.05) is 0 Å². The van der Waals surface area contributed by atoms with Gasteiger partial charge in [-0.3, -0.25) is 4.79 Å². The molecular formula is C6H5ClN2OS2. The van der Waals surface area contributed by atoms with E-state index in [-0.39, 0.29) is 10.4 Å². The third-order valence-corrected chi connectivity index (χ3v) is 2.97. The quantitative estimate of drug-likeness (QED) is 0.567. The van der Waals surface area contributed by atoms with Crippen molar-refractivity contribution in [1.29, 1.82) is 0 Å². The third kappa shape index (κ3) is 2.58. The molecule has 0 radical (unpaired) electrons. The Morgan fingerprint density at radius 3 is 2.83 bits per heavy atom. The molecule has 0 aliphatic heterocycles. The Balaban J connectivity index is 2.64. The highest BCUT2D eigenvalue weighted by atomic mass is 35.5. The molecule has 0 aromatic carbocycles. The van der Waals surface area contributed by atoms with Gasteiger partial charge in [-0.1, -0.05) is 6.58 Å². The smallest absolute Gasteiger partial charge is 0.235 e. The van der Waals surface area contributed by atoms with Gasteiger partial charge in [0.15, 0.2) is 4.34 Å². The molecule has 0 bridgehead atoms. The Kier molecular flexibility index (Phi) is 3.25. The molecule has 0 aliphatic carbocycles. The van der Waals surface area contributed by atoms with Crippen LogP contribution in [-0.4, -0.2) is 14.5 Å². The Morgan fingerprint density at radius 2 is 2.42 bits per heavy atom. The molecule has 0 saturated heterocycles. The van der Waals surface area contributed by atoms with Crippen LogP contribution in [0.25, 0.3) is 0 Å². The number of carbonyl (C=O) groups excluding carboxylic acids is 1. The van der Waals surface area contributed by atoms with Gasteiger partial charge in [-0.25, -0.2) is 0 Å². The fourth-order valence-corrected chi connectivity index (χ4v) is 1.96. The average Bonchev–Trinajstić information content (AvgIpc) is 2.35. The highest BCUT2D eigenvalue weighted by molar-refractivity contribution is 8.15. The van der Waals surface area contributed by atoms with E-state index >= 15 is 0 Å². The summed E-state index contributed by atoms with van der Waals surface area (Å²) in [6.45, 7) is 5.16. The zero-order valence-corrected chi connectivity index (χ0v) is 8.59. The molecular weight excluding hydrogens is 216 g/mol. The summed E-state index contributed by atoms with van der Waals surface area (Å²) in [4.78, 5) is 14.9. The van der Waals surface area contributed by atoms with Crippen molar-refractivity contribution in [3.63, 3.8) is 0 Å². The third-order valence-electron chi connectivity index (χ3n) is 0.911. The maximum Gasteiger partial charge on any atom is 0.235 e. The van der Waals surface area contributed by atoms with Crippen molar-refractivity contribution in [3.8, 4) is 0 Å². The van der Waals surface area contributed by atoms with Crippen molar-refractivity contribution in [2.45, 2.75) is 11.3 Å². The maximum atomic E-state index is 11.1.